The second-order valence-corrected chi connectivity index (χ2v) is 18.3. The summed E-state index contributed by atoms with van der Waals surface area (Å²) in [6.07, 6.45) is 1.92. The first-order chi connectivity index (χ1) is 5.00. The molecule has 60 valence electrons. The normalized spacial score (nSPS) is 11.6. The van der Waals surface area contributed by atoms with Gasteiger partial charge in [0.2, 0.25) is 0 Å². The molecular weight excluding hydrogens is 241 g/mol. The van der Waals surface area contributed by atoms with Crippen LogP contribution in [0.25, 0.3) is 0 Å². The summed E-state index contributed by atoms with van der Waals surface area (Å²) in [6, 6.07) is 4.29. The van der Waals surface area contributed by atoms with E-state index in [9.17, 15) is 0 Å². The van der Waals surface area contributed by atoms with Crippen LogP contribution < -0.4 is 3.71 Å². The van der Waals surface area contributed by atoms with E-state index in [-0.39, 0.29) is 0 Å². The van der Waals surface area contributed by atoms with E-state index < -0.39 is 18.4 Å². The first kappa shape index (κ1) is 9.04. The van der Waals surface area contributed by atoms with Gasteiger partial charge in [-0.05, 0) is 0 Å². The van der Waals surface area contributed by atoms with Crippen molar-refractivity contribution in [2.24, 2.45) is 0 Å². The van der Waals surface area contributed by atoms with Crippen molar-refractivity contribution in [2.75, 3.05) is 0 Å². The summed E-state index contributed by atoms with van der Waals surface area (Å²) >= 11 is -1.87. The maximum atomic E-state index is 4.40. The van der Waals surface area contributed by atoms with Gasteiger partial charge in [-0.15, -0.1) is 0 Å². The number of aromatic nitrogens is 1. The molecule has 2 heteroatoms. The van der Waals surface area contributed by atoms with E-state index in [1.165, 1.54) is 9.27 Å². The summed E-state index contributed by atoms with van der Waals surface area (Å²) < 4.78 is 1.37. The van der Waals surface area contributed by atoms with Crippen LogP contribution in [0.4, 0.5) is 0 Å². The van der Waals surface area contributed by atoms with E-state index >= 15 is 0 Å². The average molecular weight is 256 g/mol. The molecule has 1 rings (SSSR count). The summed E-state index contributed by atoms with van der Waals surface area (Å²) in [7, 11) is 0. The van der Waals surface area contributed by atoms with Crippen molar-refractivity contribution in [2.45, 2.75) is 21.7 Å². The fourth-order valence-electron chi connectivity index (χ4n) is 0.946. The van der Waals surface area contributed by atoms with Crippen LogP contribution in [0.5, 0.6) is 0 Å². The van der Waals surface area contributed by atoms with Gasteiger partial charge in [-0.2, -0.15) is 0 Å². The van der Waals surface area contributed by atoms with E-state index in [1.54, 1.807) is 0 Å². The number of rotatable bonds is 1. The van der Waals surface area contributed by atoms with E-state index in [4.69, 9.17) is 0 Å². The van der Waals surface area contributed by atoms with Gasteiger partial charge in [0.15, 0.2) is 0 Å². The molecule has 0 N–H and O–H groups in total. The Labute approximate surface area is 72.7 Å². The fourth-order valence-corrected chi connectivity index (χ4v) is 4.15. The minimum absolute atomic E-state index is 1.33. The summed E-state index contributed by atoms with van der Waals surface area (Å²) in [5, 5.41) is 0. The zero-order valence-electron chi connectivity index (χ0n) is 7.68. The number of aryl methyl sites for hydroxylation is 1. The zero-order valence-corrected chi connectivity index (χ0v) is 10.5. The van der Waals surface area contributed by atoms with Crippen LogP contribution in [-0.4, -0.2) is 23.4 Å². The Morgan fingerprint density at radius 3 is 2.27 bits per heavy atom. The molecule has 0 aromatic carbocycles. The Balaban J connectivity index is 3.06. The molecule has 0 spiro atoms. The molecule has 0 atom stereocenters. The fraction of sp³-hybridized carbons (Fsp3) is 0.444. The molecule has 0 fully saturated rings. The number of hydrogen-bond donors (Lipinski definition) is 0. The topological polar surface area (TPSA) is 12.9 Å². The first-order valence-corrected chi connectivity index (χ1v) is 13.9. The van der Waals surface area contributed by atoms with E-state index in [0.29, 0.717) is 0 Å². The van der Waals surface area contributed by atoms with E-state index in [0.717, 1.165) is 0 Å². The van der Waals surface area contributed by atoms with E-state index in [2.05, 4.69) is 38.9 Å². The Bertz CT molecular complexity index is 250. The van der Waals surface area contributed by atoms with Crippen LogP contribution in [-0.2, 0) is 0 Å². The van der Waals surface area contributed by atoms with Crippen molar-refractivity contribution in [3.63, 3.8) is 0 Å². The summed E-state index contributed by atoms with van der Waals surface area (Å²) in [6.45, 7) is 2.13. The molecular formula is C9H15NSn. The number of nitrogens with zero attached hydrogens (tertiary/aromatic N) is 1. The third kappa shape index (κ3) is 2.47. The number of hydrogen-bond acceptors (Lipinski definition) is 1. The maximum absolute atomic E-state index is 4.40. The third-order valence-electron chi connectivity index (χ3n) is 1.68. The van der Waals surface area contributed by atoms with Gasteiger partial charge < -0.3 is 0 Å². The van der Waals surface area contributed by atoms with Crippen LogP contribution >= 0.6 is 0 Å². The quantitative estimate of drug-likeness (QED) is 0.699. The van der Waals surface area contributed by atoms with Gasteiger partial charge in [0.25, 0.3) is 0 Å². The van der Waals surface area contributed by atoms with Crippen LogP contribution in [0.3, 0.4) is 0 Å². The molecule has 1 heterocycles. The van der Waals surface area contributed by atoms with Crippen LogP contribution in [0, 0.1) is 6.92 Å². The molecule has 0 radical (unpaired) electrons. The standard InChI is InChI=1S/C6H6N.3CH3.Sn/c1-6-2-4-7-5-3-6;;;;/h2-4H,1H3;3*1H3;. The van der Waals surface area contributed by atoms with Crippen molar-refractivity contribution in [1.82, 2.24) is 4.98 Å². The van der Waals surface area contributed by atoms with Crippen molar-refractivity contribution in [1.29, 1.82) is 0 Å². The van der Waals surface area contributed by atoms with Crippen molar-refractivity contribution in [3.8, 4) is 0 Å². The third-order valence-corrected chi connectivity index (χ3v) is 6.85. The zero-order chi connectivity index (χ0) is 8.48. The summed E-state index contributed by atoms with van der Waals surface area (Å²) in [5.74, 6) is 0. The predicted molar refractivity (Wildman–Crippen MR) is 52.0 cm³/mol. The van der Waals surface area contributed by atoms with Crippen LogP contribution in [0.1, 0.15) is 5.56 Å². The van der Waals surface area contributed by atoms with Gasteiger partial charge in [0.05, 0.1) is 0 Å². The van der Waals surface area contributed by atoms with Gasteiger partial charge in [-0.3, -0.25) is 0 Å². The van der Waals surface area contributed by atoms with Crippen LogP contribution in [0.15, 0.2) is 18.3 Å². The van der Waals surface area contributed by atoms with Gasteiger partial charge in [-0.1, -0.05) is 0 Å². The minimum atomic E-state index is -1.87. The van der Waals surface area contributed by atoms with E-state index in [1.807, 2.05) is 6.20 Å². The Morgan fingerprint density at radius 2 is 1.91 bits per heavy atom. The Morgan fingerprint density at radius 1 is 1.27 bits per heavy atom. The molecule has 11 heavy (non-hydrogen) atoms. The first-order valence-electron chi connectivity index (χ1n) is 3.93. The molecule has 0 amide bonds. The van der Waals surface area contributed by atoms with Gasteiger partial charge in [0.1, 0.15) is 0 Å². The summed E-state index contributed by atoms with van der Waals surface area (Å²) in [5.41, 5.74) is 1.33. The van der Waals surface area contributed by atoms with Crippen molar-refractivity contribution >= 4 is 22.1 Å². The Hall–Kier alpha value is -0.0513. The van der Waals surface area contributed by atoms with Gasteiger partial charge >= 0.3 is 72.7 Å². The SMILES string of the molecule is Cc1ccn[c]([Sn]([CH3])([CH3])[CH3])c1. The van der Waals surface area contributed by atoms with Gasteiger partial charge in [-0.25, -0.2) is 0 Å². The second kappa shape index (κ2) is 3.13. The molecule has 0 saturated carbocycles. The molecule has 0 unspecified atom stereocenters. The molecule has 0 saturated heterocycles. The molecule has 0 aliphatic carbocycles. The summed E-state index contributed by atoms with van der Waals surface area (Å²) in [4.78, 5) is 11.6. The Kier molecular flexibility index (Phi) is 2.57. The molecule has 0 aliphatic heterocycles. The predicted octanol–water partition coefficient (Wildman–Crippen LogP) is 1.94. The monoisotopic (exact) mass is 257 g/mol. The van der Waals surface area contributed by atoms with Crippen molar-refractivity contribution in [3.05, 3.63) is 23.9 Å². The molecule has 1 aromatic rings. The van der Waals surface area contributed by atoms with Crippen LogP contribution in [0.2, 0.25) is 14.8 Å². The molecule has 0 bridgehead atoms. The average Bonchev–Trinajstić information content (AvgIpc) is 1.86. The molecule has 1 aromatic heterocycles. The van der Waals surface area contributed by atoms with Gasteiger partial charge in [0, 0.05) is 0 Å². The second-order valence-electron chi connectivity index (χ2n) is 3.97. The van der Waals surface area contributed by atoms with Crippen molar-refractivity contribution < 1.29 is 0 Å². The number of pyridine rings is 1. The molecule has 1 nitrogen and oxygen atoms in total. The molecule has 0 aliphatic rings.